The van der Waals surface area contributed by atoms with Gasteiger partial charge in [-0.1, -0.05) is 6.42 Å². The number of aromatic nitrogens is 3. The van der Waals surface area contributed by atoms with E-state index in [-0.39, 0.29) is 11.9 Å². The molecule has 1 unspecified atom stereocenters. The Labute approximate surface area is 136 Å². The van der Waals surface area contributed by atoms with Gasteiger partial charge in [-0.05, 0) is 31.0 Å². The van der Waals surface area contributed by atoms with Gasteiger partial charge in [-0.2, -0.15) is 5.10 Å². The maximum atomic E-state index is 12.3. The monoisotopic (exact) mass is 313 g/mol. The number of aryl methyl sites for hydroxylation is 1. The van der Waals surface area contributed by atoms with Crippen molar-refractivity contribution in [1.82, 2.24) is 24.6 Å². The SMILES string of the molecule is Cn1cccc1C(=O)NCC1CN(C2CCC2)Cc2ccnn21. The van der Waals surface area contributed by atoms with E-state index in [1.807, 2.05) is 36.1 Å². The summed E-state index contributed by atoms with van der Waals surface area (Å²) < 4.78 is 3.93. The first-order valence-electron chi connectivity index (χ1n) is 8.38. The van der Waals surface area contributed by atoms with Gasteiger partial charge in [0.2, 0.25) is 0 Å². The van der Waals surface area contributed by atoms with Gasteiger partial charge in [-0.3, -0.25) is 14.4 Å². The van der Waals surface area contributed by atoms with Gasteiger partial charge in [-0.15, -0.1) is 0 Å². The highest BCUT2D eigenvalue weighted by Crippen LogP contribution is 2.30. The molecule has 1 amide bonds. The van der Waals surface area contributed by atoms with E-state index in [2.05, 4.69) is 26.1 Å². The van der Waals surface area contributed by atoms with Crippen molar-refractivity contribution in [3.8, 4) is 0 Å². The largest absolute Gasteiger partial charge is 0.349 e. The lowest BCUT2D eigenvalue weighted by atomic mass is 9.90. The van der Waals surface area contributed by atoms with E-state index in [0.717, 1.165) is 13.1 Å². The number of hydrogen-bond acceptors (Lipinski definition) is 3. The lowest BCUT2D eigenvalue weighted by Gasteiger charge is -2.42. The molecule has 3 heterocycles. The molecule has 0 spiro atoms. The molecule has 6 heteroatoms. The third-order valence-corrected chi connectivity index (χ3v) is 5.17. The molecule has 1 N–H and O–H groups in total. The fourth-order valence-electron chi connectivity index (χ4n) is 3.60. The third-order valence-electron chi connectivity index (χ3n) is 5.17. The number of rotatable bonds is 4. The van der Waals surface area contributed by atoms with Crippen LogP contribution >= 0.6 is 0 Å². The summed E-state index contributed by atoms with van der Waals surface area (Å²) in [5.41, 5.74) is 1.94. The lowest BCUT2D eigenvalue weighted by Crippen LogP contribution is -2.49. The van der Waals surface area contributed by atoms with Crippen LogP contribution in [0.15, 0.2) is 30.6 Å². The molecule has 1 aliphatic carbocycles. The van der Waals surface area contributed by atoms with Crippen molar-refractivity contribution in [2.75, 3.05) is 13.1 Å². The molecule has 0 aromatic carbocycles. The molecule has 2 aromatic rings. The summed E-state index contributed by atoms with van der Waals surface area (Å²) in [5, 5.41) is 7.54. The van der Waals surface area contributed by atoms with E-state index in [0.29, 0.717) is 18.3 Å². The Bertz CT molecular complexity index is 699. The summed E-state index contributed by atoms with van der Waals surface area (Å²) in [6.07, 6.45) is 7.70. The summed E-state index contributed by atoms with van der Waals surface area (Å²) >= 11 is 0. The van der Waals surface area contributed by atoms with E-state index >= 15 is 0 Å². The summed E-state index contributed by atoms with van der Waals surface area (Å²) in [6, 6.07) is 6.75. The van der Waals surface area contributed by atoms with Gasteiger partial charge in [-0.25, -0.2) is 0 Å². The van der Waals surface area contributed by atoms with Crippen LogP contribution in [0.3, 0.4) is 0 Å². The van der Waals surface area contributed by atoms with Crippen molar-refractivity contribution >= 4 is 5.91 Å². The van der Waals surface area contributed by atoms with E-state index in [4.69, 9.17) is 0 Å². The van der Waals surface area contributed by atoms with Crippen molar-refractivity contribution in [1.29, 1.82) is 0 Å². The zero-order valence-electron chi connectivity index (χ0n) is 13.5. The molecule has 1 atom stereocenters. The van der Waals surface area contributed by atoms with Crippen LogP contribution in [0.2, 0.25) is 0 Å². The topological polar surface area (TPSA) is 55.1 Å². The first-order valence-corrected chi connectivity index (χ1v) is 8.38. The van der Waals surface area contributed by atoms with Crippen molar-refractivity contribution in [3.63, 3.8) is 0 Å². The van der Waals surface area contributed by atoms with Crippen LogP contribution in [0.25, 0.3) is 0 Å². The predicted molar refractivity (Wildman–Crippen MR) is 87.1 cm³/mol. The minimum atomic E-state index is -0.0213. The Morgan fingerprint density at radius 1 is 1.39 bits per heavy atom. The van der Waals surface area contributed by atoms with Crippen LogP contribution in [0.4, 0.5) is 0 Å². The smallest absolute Gasteiger partial charge is 0.267 e. The Morgan fingerprint density at radius 3 is 2.96 bits per heavy atom. The van der Waals surface area contributed by atoms with Gasteiger partial charge >= 0.3 is 0 Å². The zero-order valence-corrected chi connectivity index (χ0v) is 13.5. The molecular formula is C17H23N5O. The number of nitrogens with one attached hydrogen (secondary N) is 1. The molecule has 1 saturated carbocycles. The Hall–Kier alpha value is -2.08. The quantitative estimate of drug-likeness (QED) is 0.932. The minimum absolute atomic E-state index is 0.0213. The molecular weight excluding hydrogens is 290 g/mol. The first kappa shape index (κ1) is 14.5. The molecule has 122 valence electrons. The van der Waals surface area contributed by atoms with Crippen molar-refractivity contribution < 1.29 is 4.79 Å². The Balaban J connectivity index is 1.45. The van der Waals surface area contributed by atoms with Crippen LogP contribution in [0.1, 0.15) is 41.5 Å². The van der Waals surface area contributed by atoms with Gasteiger partial charge in [0.15, 0.2) is 0 Å². The number of hydrogen-bond donors (Lipinski definition) is 1. The highest BCUT2D eigenvalue weighted by Gasteiger charge is 2.32. The van der Waals surface area contributed by atoms with E-state index in [9.17, 15) is 4.79 Å². The molecule has 1 fully saturated rings. The standard InChI is InChI=1S/C17H23N5O/c1-20-9-3-6-16(20)17(23)18-10-15-12-21(13-4-2-5-13)11-14-7-8-19-22(14)15/h3,6-9,13,15H,2,4-5,10-12H2,1H3,(H,18,23). The maximum absolute atomic E-state index is 12.3. The zero-order chi connectivity index (χ0) is 15.8. The summed E-state index contributed by atoms with van der Waals surface area (Å²) in [5.74, 6) is -0.0213. The number of carbonyl (C=O) groups is 1. The van der Waals surface area contributed by atoms with Crippen LogP contribution in [0, 0.1) is 0 Å². The molecule has 2 aromatic heterocycles. The van der Waals surface area contributed by atoms with Crippen LogP contribution in [-0.2, 0) is 13.6 Å². The second-order valence-electron chi connectivity index (χ2n) is 6.65. The average molecular weight is 313 g/mol. The summed E-state index contributed by atoms with van der Waals surface area (Å²) in [4.78, 5) is 14.9. The van der Waals surface area contributed by atoms with Gasteiger partial charge in [0.1, 0.15) is 5.69 Å². The van der Waals surface area contributed by atoms with Gasteiger partial charge < -0.3 is 9.88 Å². The van der Waals surface area contributed by atoms with Crippen molar-refractivity contribution in [2.45, 2.75) is 37.9 Å². The van der Waals surface area contributed by atoms with Crippen LogP contribution in [0.5, 0.6) is 0 Å². The molecule has 0 saturated heterocycles. The fourth-order valence-corrected chi connectivity index (χ4v) is 3.60. The highest BCUT2D eigenvalue weighted by atomic mass is 16.1. The Kier molecular flexibility index (Phi) is 3.69. The van der Waals surface area contributed by atoms with Gasteiger partial charge in [0.05, 0.1) is 11.7 Å². The van der Waals surface area contributed by atoms with Crippen LogP contribution < -0.4 is 5.32 Å². The number of fused-ring (bicyclic) bond motifs is 1. The normalized spacial score (nSPS) is 21.7. The fraction of sp³-hybridized carbons (Fsp3) is 0.529. The second kappa shape index (κ2) is 5.85. The van der Waals surface area contributed by atoms with E-state index in [1.165, 1.54) is 25.0 Å². The second-order valence-corrected chi connectivity index (χ2v) is 6.65. The van der Waals surface area contributed by atoms with E-state index < -0.39 is 0 Å². The molecule has 23 heavy (non-hydrogen) atoms. The summed E-state index contributed by atoms with van der Waals surface area (Å²) in [7, 11) is 1.89. The highest BCUT2D eigenvalue weighted by molar-refractivity contribution is 5.92. The van der Waals surface area contributed by atoms with Gasteiger partial charge in [0.25, 0.3) is 5.91 Å². The lowest BCUT2D eigenvalue weighted by molar-refractivity contribution is 0.0722. The predicted octanol–water partition coefficient (Wildman–Crippen LogP) is 1.56. The molecule has 6 nitrogen and oxygen atoms in total. The molecule has 0 bridgehead atoms. The van der Waals surface area contributed by atoms with Crippen molar-refractivity contribution in [2.24, 2.45) is 7.05 Å². The Morgan fingerprint density at radius 2 is 2.26 bits per heavy atom. The molecule has 1 aliphatic heterocycles. The van der Waals surface area contributed by atoms with E-state index in [1.54, 1.807) is 0 Å². The third kappa shape index (κ3) is 2.67. The molecule has 4 rings (SSSR count). The van der Waals surface area contributed by atoms with Gasteiger partial charge in [0, 0.05) is 45.1 Å². The average Bonchev–Trinajstić information content (AvgIpc) is 3.11. The minimum Gasteiger partial charge on any atom is -0.349 e. The van der Waals surface area contributed by atoms with Crippen LogP contribution in [-0.4, -0.2) is 44.3 Å². The maximum Gasteiger partial charge on any atom is 0.267 e. The molecule has 0 radical (unpaired) electrons. The summed E-state index contributed by atoms with van der Waals surface area (Å²) in [6.45, 7) is 2.56. The number of carbonyl (C=O) groups excluding carboxylic acids is 1. The number of amides is 1. The molecule has 2 aliphatic rings. The number of nitrogens with zero attached hydrogens (tertiary/aromatic N) is 4. The van der Waals surface area contributed by atoms with Crippen molar-refractivity contribution in [3.05, 3.63) is 42.0 Å². The first-order chi connectivity index (χ1) is 11.2.